The Labute approximate surface area is 174 Å². The maximum absolute atomic E-state index is 12.4. The number of halogens is 4. The third-order valence-electron chi connectivity index (χ3n) is 3.79. The summed E-state index contributed by atoms with van der Waals surface area (Å²) in [5, 5.41) is 0. The van der Waals surface area contributed by atoms with Gasteiger partial charge in [0.1, 0.15) is 5.75 Å². The van der Waals surface area contributed by atoms with E-state index in [1.807, 2.05) is 0 Å². The average Bonchev–Trinajstić information content (AvgIpc) is 2.70. The number of hydrogen-bond acceptors (Lipinski definition) is 7. The van der Waals surface area contributed by atoms with E-state index >= 15 is 0 Å². The van der Waals surface area contributed by atoms with Crippen LogP contribution in [0.1, 0.15) is 16.7 Å². The number of sulfone groups is 1. The van der Waals surface area contributed by atoms with E-state index in [1.54, 1.807) is 0 Å². The molecule has 1 unspecified atom stereocenters. The molecule has 8 nitrogen and oxygen atoms in total. The van der Waals surface area contributed by atoms with E-state index in [0.717, 1.165) is 12.1 Å². The number of rotatable bonds is 11. The predicted molar refractivity (Wildman–Crippen MR) is 101 cm³/mol. The van der Waals surface area contributed by atoms with Gasteiger partial charge in [-0.3, -0.25) is 4.57 Å². The first-order valence-corrected chi connectivity index (χ1v) is 13.4. The van der Waals surface area contributed by atoms with Gasteiger partial charge in [-0.05, 0) is 37.9 Å². The van der Waals surface area contributed by atoms with Gasteiger partial charge in [0.25, 0.3) is 0 Å². The van der Waals surface area contributed by atoms with Crippen LogP contribution in [0.2, 0.25) is 0 Å². The van der Waals surface area contributed by atoms with E-state index in [0.29, 0.717) is 5.56 Å². The minimum Gasteiger partial charge on any atom is -0.421 e. The molecule has 0 radical (unpaired) electrons. The van der Waals surface area contributed by atoms with Crippen LogP contribution < -0.4 is 4.52 Å². The molecule has 0 saturated heterocycles. The molecule has 0 aliphatic rings. The zero-order valence-corrected chi connectivity index (χ0v) is 18.0. The standard InChI is InChI=1S/C16H16F4O8P2S/c17-16(18)30(22,23)26-15-7-5-14(6-8-15)11-31(24,25)10-13-3-1-12(2-4-13)9-29(21,27-19)28-20/h1-8,16H,9-11H2,(H,22,23). The van der Waals surface area contributed by atoms with Gasteiger partial charge in [0, 0.05) is 0 Å². The van der Waals surface area contributed by atoms with Crippen LogP contribution in [0.4, 0.5) is 17.8 Å². The molecule has 1 N–H and O–H groups in total. The molecule has 0 heterocycles. The summed E-state index contributed by atoms with van der Waals surface area (Å²) in [6, 6.07) is 9.98. The van der Waals surface area contributed by atoms with Gasteiger partial charge in [0.05, 0.1) is 17.7 Å². The fourth-order valence-corrected chi connectivity index (χ4v) is 5.20. The first kappa shape index (κ1) is 25.5. The lowest BCUT2D eigenvalue weighted by atomic mass is 10.2. The van der Waals surface area contributed by atoms with Crippen LogP contribution >= 0.6 is 15.2 Å². The Morgan fingerprint density at radius 3 is 1.68 bits per heavy atom. The molecule has 0 aromatic heterocycles. The zero-order chi connectivity index (χ0) is 23.3. The van der Waals surface area contributed by atoms with Crippen molar-refractivity contribution in [3.05, 3.63) is 65.2 Å². The molecule has 0 aliphatic carbocycles. The fourth-order valence-electron chi connectivity index (χ4n) is 2.42. The van der Waals surface area contributed by atoms with Gasteiger partial charge in [-0.1, -0.05) is 36.4 Å². The van der Waals surface area contributed by atoms with Crippen molar-refractivity contribution >= 4 is 25.0 Å². The van der Waals surface area contributed by atoms with Crippen LogP contribution in [-0.4, -0.2) is 19.5 Å². The number of benzene rings is 2. The van der Waals surface area contributed by atoms with Crippen LogP contribution in [0.25, 0.3) is 0 Å². The van der Waals surface area contributed by atoms with Crippen LogP contribution in [0.15, 0.2) is 48.5 Å². The zero-order valence-electron chi connectivity index (χ0n) is 15.4. The molecule has 2 rings (SSSR count). The molecule has 15 heteroatoms. The van der Waals surface area contributed by atoms with Crippen molar-refractivity contribution in [2.24, 2.45) is 0 Å². The molecule has 0 spiro atoms. The second kappa shape index (κ2) is 10.2. The molecule has 2 aromatic carbocycles. The second-order valence-corrected chi connectivity index (χ2v) is 11.9. The smallest absolute Gasteiger partial charge is 0.421 e. The number of alkyl halides is 2. The van der Waals surface area contributed by atoms with Crippen molar-refractivity contribution in [3.8, 4) is 5.75 Å². The molecule has 2 aromatic rings. The highest BCUT2D eigenvalue weighted by Gasteiger charge is 2.34. The van der Waals surface area contributed by atoms with Gasteiger partial charge in [-0.15, -0.1) is 9.46 Å². The first-order chi connectivity index (χ1) is 14.4. The van der Waals surface area contributed by atoms with E-state index in [-0.39, 0.29) is 16.9 Å². The number of hydrogen-bond donors (Lipinski definition) is 1. The molecule has 0 amide bonds. The van der Waals surface area contributed by atoms with Gasteiger partial charge in [0.15, 0.2) is 9.84 Å². The van der Waals surface area contributed by atoms with Gasteiger partial charge in [0.2, 0.25) is 0 Å². The lowest BCUT2D eigenvalue weighted by Crippen LogP contribution is -2.08. The maximum Gasteiger partial charge on any atom is 0.442 e. The highest BCUT2D eigenvalue weighted by molar-refractivity contribution is 7.89. The SMILES string of the molecule is O=P(Cc1ccc(CS(=O)(=O)Cc2ccc(OP(=O)(O)C(F)F)cc2)cc1)(OF)OF. The Morgan fingerprint density at radius 2 is 1.26 bits per heavy atom. The van der Waals surface area contributed by atoms with Crippen molar-refractivity contribution < 1.29 is 54.3 Å². The molecule has 31 heavy (non-hydrogen) atoms. The Hall–Kier alpha value is -1.75. The van der Waals surface area contributed by atoms with Crippen LogP contribution in [0.3, 0.4) is 0 Å². The Kier molecular flexibility index (Phi) is 8.43. The van der Waals surface area contributed by atoms with E-state index in [4.69, 9.17) is 4.89 Å². The normalized spacial score (nSPS) is 14.4. The monoisotopic (exact) mass is 506 g/mol. The fraction of sp³-hybridized carbons (Fsp3) is 0.250. The van der Waals surface area contributed by atoms with Crippen molar-refractivity contribution in [1.82, 2.24) is 0 Å². The predicted octanol–water partition coefficient (Wildman–Crippen LogP) is 5.08. The molecule has 0 bridgehead atoms. The molecule has 0 saturated carbocycles. The largest absolute Gasteiger partial charge is 0.442 e. The Morgan fingerprint density at radius 1 is 0.839 bits per heavy atom. The summed E-state index contributed by atoms with van der Waals surface area (Å²) >= 11 is 0. The Bertz CT molecular complexity index is 1010. The minimum absolute atomic E-state index is 0.181. The van der Waals surface area contributed by atoms with Crippen molar-refractivity contribution in [3.63, 3.8) is 0 Å². The second-order valence-electron chi connectivity index (χ2n) is 6.33. The van der Waals surface area contributed by atoms with Gasteiger partial charge >= 0.3 is 21.4 Å². The van der Waals surface area contributed by atoms with Gasteiger partial charge in [-0.2, -0.15) is 8.78 Å². The highest BCUT2D eigenvalue weighted by Crippen LogP contribution is 2.52. The van der Waals surface area contributed by atoms with Crippen molar-refractivity contribution in [2.45, 2.75) is 23.8 Å². The van der Waals surface area contributed by atoms with Crippen LogP contribution in [0, 0.1) is 0 Å². The molecule has 0 fully saturated rings. The summed E-state index contributed by atoms with van der Waals surface area (Å²) in [6.07, 6.45) is -4.28. The molecular formula is C16H16F4O8P2S. The quantitative estimate of drug-likeness (QED) is 0.331. The topological polar surface area (TPSA) is 116 Å². The maximum atomic E-state index is 12.4. The summed E-state index contributed by atoms with van der Waals surface area (Å²) in [6.45, 7) is 0. The summed E-state index contributed by atoms with van der Waals surface area (Å²) < 4.78 is 107. The van der Waals surface area contributed by atoms with E-state index in [2.05, 4.69) is 14.0 Å². The highest BCUT2D eigenvalue weighted by atomic mass is 32.2. The molecule has 0 aliphatic heterocycles. The molecule has 1 atom stereocenters. The van der Waals surface area contributed by atoms with Crippen LogP contribution in [-0.2, 0) is 46.1 Å². The average molecular weight is 506 g/mol. The lowest BCUT2D eigenvalue weighted by molar-refractivity contribution is -0.0881. The van der Waals surface area contributed by atoms with Gasteiger partial charge in [-0.25, -0.2) is 13.0 Å². The summed E-state index contributed by atoms with van der Waals surface area (Å²) in [7, 11) is -13.4. The minimum atomic E-state index is -5.14. The first-order valence-electron chi connectivity index (χ1n) is 8.25. The summed E-state index contributed by atoms with van der Waals surface area (Å²) in [4.78, 5) is 9.00. The van der Waals surface area contributed by atoms with Crippen molar-refractivity contribution in [1.29, 1.82) is 0 Å². The van der Waals surface area contributed by atoms with Gasteiger partial charge < -0.3 is 9.42 Å². The van der Waals surface area contributed by atoms with Crippen LogP contribution in [0.5, 0.6) is 5.75 Å². The Balaban J connectivity index is 2.02. The third-order valence-corrected chi connectivity index (χ3v) is 7.47. The third kappa shape index (κ3) is 7.71. The van der Waals surface area contributed by atoms with E-state index in [1.165, 1.54) is 36.4 Å². The van der Waals surface area contributed by atoms with E-state index < -0.39 is 48.9 Å². The summed E-state index contributed by atoms with van der Waals surface area (Å²) in [5.74, 6) is -1.16. The van der Waals surface area contributed by atoms with E-state index in [9.17, 15) is 35.4 Å². The molecular weight excluding hydrogens is 490 g/mol. The summed E-state index contributed by atoms with van der Waals surface area (Å²) in [5.41, 5.74) is 0.786. The van der Waals surface area contributed by atoms with Crippen molar-refractivity contribution in [2.75, 3.05) is 0 Å². The molecule has 172 valence electrons. The lowest BCUT2D eigenvalue weighted by Gasteiger charge is -2.12.